The Balaban J connectivity index is 2.05. The van der Waals surface area contributed by atoms with Crippen molar-refractivity contribution in [3.05, 3.63) is 47.2 Å². The first-order valence-corrected chi connectivity index (χ1v) is 5.86. The number of halogens is 2. The van der Waals surface area contributed by atoms with E-state index in [-0.39, 0.29) is 0 Å². The number of hydrogen-bond acceptors (Lipinski definition) is 1. The molecule has 0 saturated heterocycles. The highest BCUT2D eigenvalue weighted by atomic mass is 19.2. The Morgan fingerprint density at radius 1 is 1.18 bits per heavy atom. The van der Waals surface area contributed by atoms with E-state index in [0.29, 0.717) is 5.92 Å². The molecule has 0 spiro atoms. The van der Waals surface area contributed by atoms with Crippen molar-refractivity contribution in [2.24, 2.45) is 0 Å². The zero-order valence-corrected chi connectivity index (χ0v) is 9.88. The normalized spacial score (nSPS) is 20.2. The van der Waals surface area contributed by atoms with Gasteiger partial charge in [-0.05, 0) is 54.9 Å². The molecule has 0 heterocycles. The summed E-state index contributed by atoms with van der Waals surface area (Å²) in [6.45, 7) is 0. The minimum Gasteiger partial charge on any atom is -0.504 e. The molecule has 3 heteroatoms. The van der Waals surface area contributed by atoms with Gasteiger partial charge in [-0.2, -0.15) is 0 Å². The number of rotatable bonds is 2. The van der Waals surface area contributed by atoms with Gasteiger partial charge in [-0.1, -0.05) is 6.07 Å². The summed E-state index contributed by atoms with van der Waals surface area (Å²) in [5.41, 5.74) is 2.20. The molecule has 0 amide bonds. The molecule has 1 aliphatic carbocycles. The molecule has 1 aromatic rings. The molecule has 92 valence electrons. The molecule has 0 radical (unpaired) electrons. The van der Waals surface area contributed by atoms with Crippen molar-refractivity contribution in [3.8, 4) is 0 Å². The molecule has 0 N–H and O–H groups in total. The summed E-state index contributed by atoms with van der Waals surface area (Å²) in [6, 6.07) is 4.23. The Bertz CT molecular complexity index is 416. The second-order valence-corrected chi connectivity index (χ2v) is 4.46. The quantitative estimate of drug-likeness (QED) is 0.703. The zero-order valence-electron chi connectivity index (χ0n) is 9.88. The van der Waals surface area contributed by atoms with Gasteiger partial charge in [0.15, 0.2) is 11.6 Å². The van der Waals surface area contributed by atoms with Gasteiger partial charge in [0.2, 0.25) is 0 Å². The standard InChI is InChI=1S/C14H16F2O/c1-17-9-10-2-4-11(5-3-10)12-6-7-13(15)14(16)8-12/h6-9,11H,2-5H2,1H3. The molecule has 1 aliphatic rings. The van der Waals surface area contributed by atoms with E-state index in [4.69, 9.17) is 4.74 Å². The lowest BCUT2D eigenvalue weighted by atomic mass is 9.82. The van der Waals surface area contributed by atoms with Gasteiger partial charge in [0.1, 0.15) is 0 Å². The van der Waals surface area contributed by atoms with Gasteiger partial charge >= 0.3 is 0 Å². The molecule has 0 atom stereocenters. The Morgan fingerprint density at radius 2 is 1.88 bits per heavy atom. The summed E-state index contributed by atoms with van der Waals surface area (Å²) in [5.74, 6) is -1.19. The van der Waals surface area contributed by atoms with Crippen LogP contribution >= 0.6 is 0 Å². The number of allylic oxidation sites excluding steroid dienone is 1. The SMILES string of the molecule is COC=C1CCC(c2ccc(F)c(F)c2)CC1. The third-order valence-electron chi connectivity index (χ3n) is 3.33. The topological polar surface area (TPSA) is 9.23 Å². The number of benzene rings is 1. The monoisotopic (exact) mass is 238 g/mol. The summed E-state index contributed by atoms with van der Waals surface area (Å²) >= 11 is 0. The zero-order chi connectivity index (χ0) is 12.3. The smallest absolute Gasteiger partial charge is 0.159 e. The molecular weight excluding hydrogens is 222 g/mol. The lowest BCUT2D eigenvalue weighted by molar-refractivity contribution is 0.326. The van der Waals surface area contributed by atoms with Crippen LogP contribution in [0.4, 0.5) is 8.78 Å². The van der Waals surface area contributed by atoms with Gasteiger partial charge in [0.05, 0.1) is 13.4 Å². The largest absolute Gasteiger partial charge is 0.504 e. The summed E-state index contributed by atoms with van der Waals surface area (Å²) in [4.78, 5) is 0. The maximum atomic E-state index is 13.1. The second-order valence-electron chi connectivity index (χ2n) is 4.46. The predicted molar refractivity (Wildman–Crippen MR) is 62.7 cm³/mol. The van der Waals surface area contributed by atoms with E-state index in [1.54, 1.807) is 19.4 Å². The molecular formula is C14H16F2O. The van der Waals surface area contributed by atoms with E-state index in [1.807, 2.05) is 0 Å². The van der Waals surface area contributed by atoms with Gasteiger partial charge in [-0.3, -0.25) is 0 Å². The Labute approximate surface area is 100 Å². The molecule has 0 unspecified atom stereocenters. The van der Waals surface area contributed by atoms with Crippen LogP contribution in [0.25, 0.3) is 0 Å². The first kappa shape index (κ1) is 12.1. The van der Waals surface area contributed by atoms with Crippen LogP contribution in [0.1, 0.15) is 37.2 Å². The van der Waals surface area contributed by atoms with Crippen molar-refractivity contribution >= 4 is 0 Å². The first-order chi connectivity index (χ1) is 8.20. The van der Waals surface area contributed by atoms with Crippen molar-refractivity contribution in [1.82, 2.24) is 0 Å². The van der Waals surface area contributed by atoms with Crippen LogP contribution in [0.2, 0.25) is 0 Å². The van der Waals surface area contributed by atoms with Crippen molar-refractivity contribution < 1.29 is 13.5 Å². The van der Waals surface area contributed by atoms with Crippen LogP contribution in [0.3, 0.4) is 0 Å². The molecule has 0 bridgehead atoms. The average molecular weight is 238 g/mol. The van der Waals surface area contributed by atoms with Gasteiger partial charge < -0.3 is 4.74 Å². The summed E-state index contributed by atoms with van der Waals surface area (Å²) < 4.78 is 30.9. The summed E-state index contributed by atoms with van der Waals surface area (Å²) in [6.07, 6.45) is 5.68. The van der Waals surface area contributed by atoms with E-state index < -0.39 is 11.6 Å². The molecule has 1 fully saturated rings. The van der Waals surface area contributed by atoms with E-state index in [9.17, 15) is 8.78 Å². The first-order valence-electron chi connectivity index (χ1n) is 5.86. The number of hydrogen-bond donors (Lipinski definition) is 0. The molecule has 0 aliphatic heterocycles. The molecule has 1 saturated carbocycles. The average Bonchev–Trinajstić information content (AvgIpc) is 2.34. The molecule has 2 rings (SSSR count). The van der Waals surface area contributed by atoms with E-state index in [1.165, 1.54) is 17.7 Å². The molecule has 0 aromatic heterocycles. The second kappa shape index (κ2) is 5.30. The highest BCUT2D eigenvalue weighted by Gasteiger charge is 2.19. The fourth-order valence-electron chi connectivity index (χ4n) is 2.37. The number of methoxy groups -OCH3 is 1. The Kier molecular flexibility index (Phi) is 3.77. The highest BCUT2D eigenvalue weighted by molar-refractivity contribution is 5.23. The van der Waals surface area contributed by atoms with Crippen LogP contribution in [0.15, 0.2) is 30.0 Å². The minimum atomic E-state index is -0.774. The van der Waals surface area contributed by atoms with Crippen molar-refractivity contribution in [1.29, 1.82) is 0 Å². The van der Waals surface area contributed by atoms with Crippen LogP contribution in [-0.4, -0.2) is 7.11 Å². The maximum absolute atomic E-state index is 13.1. The predicted octanol–water partition coefficient (Wildman–Crippen LogP) is 4.15. The summed E-state index contributed by atoms with van der Waals surface area (Å²) in [5, 5.41) is 0. The van der Waals surface area contributed by atoms with Gasteiger partial charge in [-0.25, -0.2) is 8.78 Å². The Hall–Kier alpha value is -1.38. The fourth-order valence-corrected chi connectivity index (χ4v) is 2.37. The Morgan fingerprint density at radius 3 is 2.47 bits per heavy atom. The molecule has 1 nitrogen and oxygen atoms in total. The van der Waals surface area contributed by atoms with Crippen LogP contribution in [0.5, 0.6) is 0 Å². The minimum absolute atomic E-state index is 0.333. The third kappa shape index (κ3) is 2.84. The summed E-state index contributed by atoms with van der Waals surface area (Å²) in [7, 11) is 1.65. The van der Waals surface area contributed by atoms with Crippen LogP contribution in [0, 0.1) is 11.6 Å². The van der Waals surface area contributed by atoms with Crippen LogP contribution < -0.4 is 0 Å². The molecule has 17 heavy (non-hydrogen) atoms. The van der Waals surface area contributed by atoms with E-state index in [0.717, 1.165) is 31.2 Å². The highest BCUT2D eigenvalue weighted by Crippen LogP contribution is 2.35. The fraction of sp³-hybridized carbons (Fsp3) is 0.429. The maximum Gasteiger partial charge on any atom is 0.159 e. The van der Waals surface area contributed by atoms with Crippen molar-refractivity contribution in [2.75, 3.05) is 7.11 Å². The molecule has 1 aromatic carbocycles. The lowest BCUT2D eigenvalue weighted by Crippen LogP contribution is -2.07. The number of ether oxygens (including phenoxy) is 1. The van der Waals surface area contributed by atoms with Crippen molar-refractivity contribution in [3.63, 3.8) is 0 Å². The lowest BCUT2D eigenvalue weighted by Gasteiger charge is -2.24. The van der Waals surface area contributed by atoms with E-state index in [2.05, 4.69) is 0 Å². The van der Waals surface area contributed by atoms with Gasteiger partial charge in [-0.15, -0.1) is 0 Å². The van der Waals surface area contributed by atoms with E-state index >= 15 is 0 Å². The van der Waals surface area contributed by atoms with Gasteiger partial charge in [0.25, 0.3) is 0 Å². The van der Waals surface area contributed by atoms with Gasteiger partial charge in [0, 0.05) is 0 Å². The van der Waals surface area contributed by atoms with Crippen LogP contribution in [-0.2, 0) is 4.74 Å². The van der Waals surface area contributed by atoms with Crippen molar-refractivity contribution in [2.45, 2.75) is 31.6 Å². The third-order valence-corrected chi connectivity index (χ3v) is 3.33.